The molecule has 1 unspecified atom stereocenters. The Kier molecular flexibility index (Phi) is 4.89. The monoisotopic (exact) mass is 461 g/mol. The summed E-state index contributed by atoms with van der Waals surface area (Å²) in [5.41, 5.74) is -5.72. The molecule has 0 amide bonds. The first-order valence-corrected chi connectivity index (χ1v) is 9.80. The molecule has 0 spiro atoms. The molecular formula is C22H21F6NO3. The molecule has 0 fully saturated rings. The Morgan fingerprint density at radius 3 is 2.31 bits per heavy atom. The van der Waals surface area contributed by atoms with Crippen LogP contribution in [-0.4, -0.2) is 31.2 Å². The van der Waals surface area contributed by atoms with E-state index in [1.807, 2.05) is 6.07 Å². The zero-order valence-corrected chi connectivity index (χ0v) is 17.4. The molecule has 174 valence electrons. The zero-order valence-electron chi connectivity index (χ0n) is 17.4. The summed E-state index contributed by atoms with van der Waals surface area (Å²) >= 11 is 0. The third kappa shape index (κ3) is 3.02. The van der Waals surface area contributed by atoms with Gasteiger partial charge in [-0.25, -0.2) is 0 Å². The van der Waals surface area contributed by atoms with E-state index in [1.54, 1.807) is 26.0 Å². The first kappa shape index (κ1) is 22.6. The normalized spacial score (nSPS) is 22.1. The van der Waals surface area contributed by atoms with Crippen molar-refractivity contribution in [3.63, 3.8) is 0 Å². The first-order valence-electron chi connectivity index (χ1n) is 9.80. The van der Waals surface area contributed by atoms with Gasteiger partial charge in [-0.05, 0) is 23.8 Å². The van der Waals surface area contributed by atoms with E-state index in [-0.39, 0.29) is 24.1 Å². The summed E-state index contributed by atoms with van der Waals surface area (Å²) in [4.78, 5) is 0. The maximum absolute atomic E-state index is 13.4. The van der Waals surface area contributed by atoms with Gasteiger partial charge < -0.3 is 19.9 Å². The van der Waals surface area contributed by atoms with Crippen LogP contribution < -0.4 is 14.8 Å². The molecule has 0 saturated carbocycles. The van der Waals surface area contributed by atoms with Crippen molar-refractivity contribution in [2.24, 2.45) is 5.92 Å². The minimum Gasteiger partial charge on any atom is -0.493 e. The fraction of sp³-hybridized carbons (Fsp3) is 0.455. The van der Waals surface area contributed by atoms with Crippen LogP contribution in [0.2, 0.25) is 0 Å². The maximum atomic E-state index is 13.4. The standard InChI is InChI=1S/C22H21F6NO3/c1-19(2)13-9-11(20(30,21(23,24)25)22(26,27)28)7-8-15(13)29-17-12-5-4-6-16(31-3)18(12)32-10-14(17)19/h4-9,14,17,29-30H,10H2,1-3H3/t14-,17?/m0/s1. The second kappa shape index (κ2) is 6.94. The fourth-order valence-electron chi connectivity index (χ4n) is 4.67. The lowest BCUT2D eigenvalue weighted by atomic mass is 9.64. The van der Waals surface area contributed by atoms with Crippen molar-refractivity contribution in [2.75, 3.05) is 19.0 Å². The van der Waals surface area contributed by atoms with Gasteiger partial charge in [0.2, 0.25) is 0 Å². The first-order chi connectivity index (χ1) is 14.7. The Labute approximate surface area is 180 Å². The number of hydrogen-bond acceptors (Lipinski definition) is 4. The average Bonchev–Trinajstić information content (AvgIpc) is 2.70. The Morgan fingerprint density at radius 2 is 1.72 bits per heavy atom. The number of para-hydroxylation sites is 1. The molecule has 2 aromatic carbocycles. The van der Waals surface area contributed by atoms with Crippen molar-refractivity contribution in [3.8, 4) is 11.5 Å². The number of rotatable bonds is 2. The number of anilines is 1. The smallest absolute Gasteiger partial charge is 0.430 e. The molecule has 0 aliphatic carbocycles. The molecule has 4 rings (SSSR count). The number of aliphatic hydroxyl groups is 1. The highest BCUT2D eigenvalue weighted by Gasteiger charge is 2.71. The molecule has 0 bridgehead atoms. The van der Waals surface area contributed by atoms with E-state index in [0.717, 1.165) is 17.7 Å². The molecule has 2 aliphatic heterocycles. The predicted octanol–water partition coefficient (Wildman–Crippen LogP) is 5.46. The Morgan fingerprint density at radius 1 is 1.06 bits per heavy atom. The van der Waals surface area contributed by atoms with Crippen LogP contribution in [-0.2, 0) is 11.0 Å². The van der Waals surface area contributed by atoms with Crippen molar-refractivity contribution in [2.45, 2.75) is 43.3 Å². The molecular weight excluding hydrogens is 440 g/mol. The van der Waals surface area contributed by atoms with Crippen molar-refractivity contribution < 1.29 is 40.9 Å². The third-order valence-corrected chi connectivity index (χ3v) is 6.56. The van der Waals surface area contributed by atoms with E-state index in [9.17, 15) is 31.4 Å². The molecule has 0 radical (unpaired) electrons. The lowest BCUT2D eigenvalue weighted by molar-refractivity contribution is -0.376. The lowest BCUT2D eigenvalue weighted by Crippen LogP contribution is -2.54. The van der Waals surface area contributed by atoms with Gasteiger partial charge in [0.05, 0.1) is 19.8 Å². The summed E-state index contributed by atoms with van der Waals surface area (Å²) in [5, 5.41) is 13.1. The highest BCUT2D eigenvalue weighted by atomic mass is 19.4. The van der Waals surface area contributed by atoms with Crippen LogP contribution >= 0.6 is 0 Å². The molecule has 2 aromatic rings. The number of benzene rings is 2. The van der Waals surface area contributed by atoms with Gasteiger partial charge in [0.15, 0.2) is 11.5 Å². The second-order valence-corrected chi connectivity index (χ2v) is 8.61. The SMILES string of the molecule is COc1cccc2c1OC[C@H]1C2Nc2ccc(C(O)(C(F)(F)F)C(F)(F)F)cc2C1(C)C. The van der Waals surface area contributed by atoms with Gasteiger partial charge in [-0.3, -0.25) is 0 Å². The quantitative estimate of drug-likeness (QED) is 0.584. The fourth-order valence-corrected chi connectivity index (χ4v) is 4.67. The van der Waals surface area contributed by atoms with Crippen molar-refractivity contribution in [3.05, 3.63) is 53.1 Å². The minimum absolute atomic E-state index is 0.171. The summed E-state index contributed by atoms with van der Waals surface area (Å²) < 4.78 is 91.6. The summed E-state index contributed by atoms with van der Waals surface area (Å²) in [7, 11) is 1.50. The Balaban J connectivity index is 1.85. The van der Waals surface area contributed by atoms with Crippen LogP contribution in [0.25, 0.3) is 0 Å². The summed E-state index contributed by atoms with van der Waals surface area (Å²) in [6, 6.07) is 7.66. The summed E-state index contributed by atoms with van der Waals surface area (Å²) in [5.74, 6) is 0.764. The molecule has 0 saturated heterocycles. The van der Waals surface area contributed by atoms with Gasteiger partial charge in [-0.2, -0.15) is 26.3 Å². The number of ether oxygens (including phenoxy) is 2. The van der Waals surface area contributed by atoms with E-state index in [0.29, 0.717) is 23.3 Å². The molecule has 4 nitrogen and oxygen atoms in total. The maximum Gasteiger partial charge on any atom is 0.430 e. The van der Waals surface area contributed by atoms with Gasteiger partial charge in [0.1, 0.15) is 0 Å². The van der Waals surface area contributed by atoms with Gasteiger partial charge in [-0.15, -0.1) is 0 Å². The number of alkyl halides is 6. The van der Waals surface area contributed by atoms with E-state index >= 15 is 0 Å². The van der Waals surface area contributed by atoms with Crippen molar-refractivity contribution >= 4 is 5.69 Å². The van der Waals surface area contributed by atoms with E-state index < -0.39 is 28.9 Å². The molecule has 2 atom stereocenters. The molecule has 0 aromatic heterocycles. The minimum atomic E-state index is -5.95. The Hall–Kier alpha value is -2.62. The molecule has 2 heterocycles. The lowest BCUT2D eigenvalue weighted by Gasteiger charge is -2.49. The van der Waals surface area contributed by atoms with E-state index in [1.165, 1.54) is 7.11 Å². The number of nitrogens with one attached hydrogen (secondary N) is 1. The van der Waals surface area contributed by atoms with Crippen molar-refractivity contribution in [1.82, 2.24) is 0 Å². The highest BCUT2D eigenvalue weighted by molar-refractivity contribution is 5.63. The number of halogens is 6. The van der Waals surface area contributed by atoms with Crippen LogP contribution in [0.15, 0.2) is 36.4 Å². The van der Waals surface area contributed by atoms with Gasteiger partial charge in [0, 0.05) is 28.1 Å². The van der Waals surface area contributed by atoms with E-state index in [2.05, 4.69) is 5.32 Å². The zero-order chi connectivity index (χ0) is 23.7. The van der Waals surface area contributed by atoms with Gasteiger partial charge >= 0.3 is 12.4 Å². The van der Waals surface area contributed by atoms with Crippen molar-refractivity contribution in [1.29, 1.82) is 0 Å². The number of hydrogen-bond donors (Lipinski definition) is 2. The Bertz CT molecular complexity index is 1030. The predicted molar refractivity (Wildman–Crippen MR) is 104 cm³/mol. The van der Waals surface area contributed by atoms with Crippen LogP contribution in [0.5, 0.6) is 11.5 Å². The second-order valence-electron chi connectivity index (χ2n) is 8.61. The van der Waals surface area contributed by atoms with Crippen LogP contribution in [0, 0.1) is 5.92 Å². The summed E-state index contributed by atoms with van der Waals surface area (Å²) in [6.07, 6.45) is -11.9. The largest absolute Gasteiger partial charge is 0.493 e. The molecule has 10 heteroatoms. The number of fused-ring (bicyclic) bond motifs is 4. The topological polar surface area (TPSA) is 50.7 Å². The average molecular weight is 461 g/mol. The molecule has 2 N–H and O–H groups in total. The third-order valence-electron chi connectivity index (χ3n) is 6.56. The highest BCUT2D eigenvalue weighted by Crippen LogP contribution is 2.56. The van der Waals surface area contributed by atoms with Gasteiger partial charge in [0.25, 0.3) is 5.60 Å². The van der Waals surface area contributed by atoms with E-state index in [4.69, 9.17) is 9.47 Å². The molecule has 32 heavy (non-hydrogen) atoms. The van der Waals surface area contributed by atoms with Crippen LogP contribution in [0.4, 0.5) is 32.0 Å². The van der Waals surface area contributed by atoms with Gasteiger partial charge in [-0.1, -0.05) is 32.0 Å². The van der Waals surface area contributed by atoms with Crippen LogP contribution in [0.3, 0.4) is 0 Å². The molecule has 2 aliphatic rings. The summed E-state index contributed by atoms with van der Waals surface area (Å²) in [6.45, 7) is 3.65. The van der Waals surface area contributed by atoms with Crippen LogP contribution in [0.1, 0.15) is 36.6 Å². The number of methoxy groups -OCH3 is 1.